The van der Waals surface area contributed by atoms with Gasteiger partial charge in [-0.3, -0.25) is 0 Å². The van der Waals surface area contributed by atoms with Crippen molar-refractivity contribution >= 4 is 22.9 Å². The zero-order valence-corrected chi connectivity index (χ0v) is 19.2. The van der Waals surface area contributed by atoms with Crippen LogP contribution in [0, 0.1) is 18.3 Å². The van der Waals surface area contributed by atoms with Gasteiger partial charge >= 0.3 is 12.1 Å². The van der Waals surface area contributed by atoms with Crippen molar-refractivity contribution in [1.29, 1.82) is 5.26 Å². The van der Waals surface area contributed by atoms with Crippen molar-refractivity contribution in [2.24, 2.45) is 0 Å². The lowest BCUT2D eigenvalue weighted by atomic mass is 10.1. The number of aromatic nitrogens is 1. The van der Waals surface area contributed by atoms with Crippen molar-refractivity contribution in [2.75, 3.05) is 0 Å². The highest BCUT2D eigenvalue weighted by Gasteiger charge is 2.31. The molecule has 3 aromatic carbocycles. The van der Waals surface area contributed by atoms with Crippen LogP contribution in [-0.4, -0.2) is 15.6 Å². The van der Waals surface area contributed by atoms with Gasteiger partial charge in [-0.05, 0) is 48.4 Å². The maximum atomic E-state index is 13.4. The van der Waals surface area contributed by atoms with Crippen molar-refractivity contribution in [3.05, 3.63) is 106 Å². The summed E-state index contributed by atoms with van der Waals surface area (Å²) in [5.41, 5.74) is 1.67. The van der Waals surface area contributed by atoms with Gasteiger partial charge < -0.3 is 14.4 Å². The molecule has 0 saturated carbocycles. The third-order valence-electron chi connectivity index (χ3n) is 5.60. The summed E-state index contributed by atoms with van der Waals surface area (Å²) in [5.74, 6) is -0.918. The molecule has 4 rings (SSSR count). The summed E-state index contributed by atoms with van der Waals surface area (Å²) in [6.45, 7) is 1.96. The number of aryl methyl sites for hydroxylation is 1. The quantitative estimate of drug-likeness (QED) is 0.234. The largest absolute Gasteiger partial charge is 0.488 e. The lowest BCUT2D eigenvalue weighted by Crippen LogP contribution is -2.07. The number of hydrogen-bond acceptors (Lipinski definition) is 3. The average Bonchev–Trinajstić information content (AvgIpc) is 3.18. The Morgan fingerprint density at radius 1 is 1.08 bits per heavy atom. The molecular weight excluding hydrogens is 469 g/mol. The number of alkyl halides is 3. The van der Waals surface area contributed by atoms with Crippen LogP contribution in [0.5, 0.6) is 5.75 Å². The van der Waals surface area contributed by atoms with E-state index in [4.69, 9.17) is 4.74 Å². The van der Waals surface area contributed by atoms with Crippen LogP contribution in [0.1, 0.15) is 27.8 Å². The molecule has 0 unspecified atom stereocenters. The van der Waals surface area contributed by atoms with Crippen molar-refractivity contribution in [1.82, 2.24) is 4.57 Å². The second-order valence-corrected chi connectivity index (χ2v) is 8.32. The van der Waals surface area contributed by atoms with Crippen LogP contribution in [0.2, 0.25) is 0 Å². The Morgan fingerprint density at radius 2 is 1.83 bits per heavy atom. The number of ether oxygens (including phenoxy) is 1. The summed E-state index contributed by atoms with van der Waals surface area (Å²) in [4.78, 5) is 11.5. The highest BCUT2D eigenvalue weighted by Crippen LogP contribution is 2.35. The molecule has 0 bridgehead atoms. The number of aliphatic carboxylic acids is 1. The van der Waals surface area contributed by atoms with Crippen LogP contribution in [0.3, 0.4) is 0 Å². The summed E-state index contributed by atoms with van der Waals surface area (Å²) >= 11 is 0. The first-order valence-electron chi connectivity index (χ1n) is 11.0. The molecule has 0 amide bonds. The number of carbonyl (C=O) groups is 1. The number of carboxylic acids is 1. The summed E-state index contributed by atoms with van der Waals surface area (Å²) in [5, 5.41) is 19.2. The summed E-state index contributed by atoms with van der Waals surface area (Å²) in [7, 11) is 0. The minimum absolute atomic E-state index is 0.103. The first-order chi connectivity index (χ1) is 17.2. The van der Waals surface area contributed by atoms with Gasteiger partial charge in [0, 0.05) is 23.7 Å². The number of rotatable bonds is 7. The maximum absolute atomic E-state index is 13.4. The lowest BCUT2D eigenvalue weighted by Gasteiger charge is -2.12. The number of halogens is 3. The summed E-state index contributed by atoms with van der Waals surface area (Å²) < 4.78 is 47.9. The van der Waals surface area contributed by atoms with Crippen LogP contribution < -0.4 is 4.74 Å². The highest BCUT2D eigenvalue weighted by atomic mass is 19.4. The topological polar surface area (TPSA) is 75.2 Å². The van der Waals surface area contributed by atoms with Crippen LogP contribution in [0.25, 0.3) is 17.0 Å². The van der Waals surface area contributed by atoms with Gasteiger partial charge in [0.15, 0.2) is 0 Å². The third kappa shape index (κ3) is 5.41. The van der Waals surface area contributed by atoms with Crippen molar-refractivity contribution in [3.63, 3.8) is 0 Å². The standard InChI is InChI=1S/C28H21F3N2O3/c1-18-10-20(12-23(11-18)28(29,30)31)15-33-16-22(13-21(14-32)27(34)35)26-24(33)8-5-9-25(26)36-17-19-6-3-2-4-7-19/h2-13,16H,15,17H2,1H3,(H,34,35)/b21-13+. The Kier molecular flexibility index (Phi) is 6.84. The first-order valence-corrected chi connectivity index (χ1v) is 11.0. The monoisotopic (exact) mass is 490 g/mol. The minimum Gasteiger partial charge on any atom is -0.488 e. The van der Waals surface area contributed by atoms with Gasteiger partial charge in [0.05, 0.1) is 11.1 Å². The van der Waals surface area contributed by atoms with E-state index >= 15 is 0 Å². The molecule has 0 aliphatic carbocycles. The summed E-state index contributed by atoms with van der Waals surface area (Å²) in [6.07, 6.45) is -1.61. The second kappa shape index (κ2) is 10.0. The van der Waals surface area contributed by atoms with E-state index in [2.05, 4.69) is 0 Å². The fourth-order valence-corrected chi connectivity index (χ4v) is 4.06. The van der Waals surface area contributed by atoms with E-state index in [9.17, 15) is 28.3 Å². The normalized spacial score (nSPS) is 11.9. The number of nitrogens with zero attached hydrogens (tertiary/aromatic N) is 2. The van der Waals surface area contributed by atoms with E-state index in [-0.39, 0.29) is 13.2 Å². The zero-order chi connectivity index (χ0) is 25.9. The Labute approximate surface area is 205 Å². The van der Waals surface area contributed by atoms with Gasteiger partial charge in [0.25, 0.3) is 0 Å². The predicted octanol–water partition coefficient (Wildman–Crippen LogP) is 6.59. The van der Waals surface area contributed by atoms with Crippen LogP contribution in [0.15, 0.2) is 78.5 Å². The Balaban J connectivity index is 1.82. The molecule has 0 saturated heterocycles. The molecule has 0 fully saturated rings. The predicted molar refractivity (Wildman–Crippen MR) is 129 cm³/mol. The molecule has 4 aromatic rings. The molecule has 1 N–H and O–H groups in total. The molecule has 0 spiro atoms. The molecule has 0 radical (unpaired) electrons. The molecule has 1 heterocycles. The van der Waals surface area contributed by atoms with E-state index in [0.29, 0.717) is 33.3 Å². The van der Waals surface area contributed by atoms with Crippen molar-refractivity contribution in [2.45, 2.75) is 26.3 Å². The molecule has 1 aromatic heterocycles. The number of nitriles is 1. The van der Waals surface area contributed by atoms with Gasteiger partial charge in [-0.15, -0.1) is 0 Å². The zero-order valence-electron chi connectivity index (χ0n) is 19.2. The number of benzene rings is 3. The van der Waals surface area contributed by atoms with Crippen molar-refractivity contribution in [3.8, 4) is 11.8 Å². The molecular formula is C28H21F3N2O3. The maximum Gasteiger partial charge on any atom is 0.416 e. The molecule has 0 aliphatic rings. The van der Waals surface area contributed by atoms with E-state index in [1.165, 1.54) is 6.08 Å². The number of carboxylic acid groups (broad SMARTS) is 1. The van der Waals surface area contributed by atoms with E-state index in [1.807, 2.05) is 30.3 Å². The molecule has 0 aliphatic heterocycles. The Hall–Kier alpha value is -4.51. The number of fused-ring (bicyclic) bond motifs is 1. The molecule has 182 valence electrons. The van der Waals surface area contributed by atoms with Gasteiger partial charge in [0.2, 0.25) is 0 Å². The fraction of sp³-hybridized carbons (Fsp3) is 0.143. The molecule has 0 atom stereocenters. The van der Waals surface area contributed by atoms with Crippen LogP contribution in [0.4, 0.5) is 13.2 Å². The highest BCUT2D eigenvalue weighted by molar-refractivity contribution is 6.02. The smallest absolute Gasteiger partial charge is 0.416 e. The molecule has 8 heteroatoms. The van der Waals surface area contributed by atoms with Crippen LogP contribution >= 0.6 is 0 Å². The average molecular weight is 490 g/mol. The van der Waals surface area contributed by atoms with E-state index in [1.54, 1.807) is 48.0 Å². The number of hydrogen-bond donors (Lipinski definition) is 1. The van der Waals surface area contributed by atoms with Crippen molar-refractivity contribution < 1.29 is 27.8 Å². The molecule has 5 nitrogen and oxygen atoms in total. The Morgan fingerprint density at radius 3 is 2.50 bits per heavy atom. The van der Waals surface area contributed by atoms with Gasteiger partial charge in [-0.1, -0.05) is 48.0 Å². The van der Waals surface area contributed by atoms with E-state index < -0.39 is 23.3 Å². The van der Waals surface area contributed by atoms with E-state index in [0.717, 1.165) is 17.7 Å². The minimum atomic E-state index is -4.48. The summed E-state index contributed by atoms with van der Waals surface area (Å²) in [6, 6.07) is 20.2. The third-order valence-corrected chi connectivity index (χ3v) is 5.60. The lowest BCUT2D eigenvalue weighted by molar-refractivity contribution is -0.137. The SMILES string of the molecule is Cc1cc(Cn2cc(/C=C(\C#N)C(=O)O)c3c(OCc4ccccc4)cccc32)cc(C(F)(F)F)c1. The van der Waals surface area contributed by atoms with Gasteiger partial charge in [0.1, 0.15) is 24.0 Å². The fourth-order valence-electron chi connectivity index (χ4n) is 4.06. The first kappa shape index (κ1) is 24.6. The van der Waals surface area contributed by atoms with Crippen LogP contribution in [-0.2, 0) is 24.1 Å². The Bertz CT molecular complexity index is 1500. The molecule has 36 heavy (non-hydrogen) atoms. The van der Waals surface area contributed by atoms with Gasteiger partial charge in [-0.2, -0.15) is 18.4 Å². The second-order valence-electron chi connectivity index (χ2n) is 8.32. The van der Waals surface area contributed by atoms with Gasteiger partial charge in [-0.25, -0.2) is 4.79 Å².